The van der Waals surface area contributed by atoms with Crippen LogP contribution in [0.25, 0.3) is 0 Å². The number of nitrogens with one attached hydrogen (secondary N) is 2. The number of hydrogen-bond donors (Lipinski definition) is 2. The number of nitrogens with zero attached hydrogens (tertiary/aromatic N) is 3. The topological polar surface area (TPSA) is 88.9 Å². The molecule has 0 bridgehead atoms. The second kappa shape index (κ2) is 5.24. The summed E-state index contributed by atoms with van der Waals surface area (Å²) in [5.41, 5.74) is 0. The number of rotatable bonds is 4. The van der Waals surface area contributed by atoms with Crippen molar-refractivity contribution in [3.8, 4) is 0 Å². The van der Waals surface area contributed by atoms with Gasteiger partial charge in [0.15, 0.2) is 5.82 Å². The Labute approximate surface area is 93.2 Å². The minimum absolute atomic E-state index is 0.0844. The highest BCUT2D eigenvalue weighted by molar-refractivity contribution is 5.90. The van der Waals surface area contributed by atoms with Crippen molar-refractivity contribution in [2.75, 3.05) is 12.4 Å². The molecule has 88 valence electrons. The van der Waals surface area contributed by atoms with Crippen LogP contribution in [0.3, 0.4) is 0 Å². The summed E-state index contributed by atoms with van der Waals surface area (Å²) in [5.74, 6) is -0.0784. The van der Waals surface area contributed by atoms with E-state index in [9.17, 15) is 9.59 Å². The SMILES string of the molecule is CNC(=O)Cn1cc(NC(=O)C(C)C)nn1. The van der Waals surface area contributed by atoms with Crippen LogP contribution in [-0.2, 0) is 16.1 Å². The van der Waals surface area contributed by atoms with E-state index in [1.807, 2.05) is 0 Å². The average Bonchev–Trinajstić information content (AvgIpc) is 2.65. The minimum atomic E-state index is -0.174. The zero-order valence-electron chi connectivity index (χ0n) is 9.52. The fourth-order valence-electron chi connectivity index (χ4n) is 0.930. The van der Waals surface area contributed by atoms with Gasteiger partial charge in [0.1, 0.15) is 6.54 Å². The Balaban J connectivity index is 2.58. The van der Waals surface area contributed by atoms with Crippen molar-refractivity contribution in [2.45, 2.75) is 20.4 Å². The molecule has 0 aliphatic rings. The lowest BCUT2D eigenvalue weighted by atomic mass is 10.2. The first-order valence-corrected chi connectivity index (χ1v) is 4.94. The highest BCUT2D eigenvalue weighted by Gasteiger charge is 2.10. The van der Waals surface area contributed by atoms with Crippen molar-refractivity contribution in [3.05, 3.63) is 6.20 Å². The number of hydrogen-bond acceptors (Lipinski definition) is 4. The van der Waals surface area contributed by atoms with Gasteiger partial charge in [0.05, 0.1) is 6.20 Å². The summed E-state index contributed by atoms with van der Waals surface area (Å²) in [6.07, 6.45) is 1.51. The number of likely N-dealkylation sites (N-methyl/N-ethyl adjacent to an activating group) is 1. The third-order valence-corrected chi connectivity index (χ3v) is 1.90. The van der Waals surface area contributed by atoms with Crippen molar-refractivity contribution >= 4 is 17.6 Å². The van der Waals surface area contributed by atoms with Crippen LogP contribution in [-0.4, -0.2) is 33.9 Å². The molecule has 0 fully saturated rings. The standard InChI is InChI=1S/C9H15N5O2/c1-6(2)9(16)11-7-4-14(13-12-7)5-8(15)10-3/h4,6H,5H2,1-3H3,(H,10,15)(H,11,16). The van der Waals surface area contributed by atoms with Gasteiger partial charge in [0.25, 0.3) is 0 Å². The van der Waals surface area contributed by atoms with Crippen molar-refractivity contribution in [1.82, 2.24) is 20.3 Å². The fourth-order valence-corrected chi connectivity index (χ4v) is 0.930. The van der Waals surface area contributed by atoms with Crippen molar-refractivity contribution in [2.24, 2.45) is 5.92 Å². The van der Waals surface area contributed by atoms with Crippen molar-refractivity contribution in [1.29, 1.82) is 0 Å². The molecule has 0 saturated heterocycles. The maximum absolute atomic E-state index is 11.3. The van der Waals surface area contributed by atoms with Gasteiger partial charge in [-0.2, -0.15) is 0 Å². The van der Waals surface area contributed by atoms with E-state index in [0.717, 1.165) is 0 Å². The molecule has 1 aromatic rings. The van der Waals surface area contributed by atoms with E-state index < -0.39 is 0 Å². The molecular weight excluding hydrogens is 210 g/mol. The van der Waals surface area contributed by atoms with E-state index in [0.29, 0.717) is 5.82 Å². The molecule has 0 saturated carbocycles. The predicted octanol–water partition coefficient (Wildman–Crippen LogP) is -0.381. The number of aromatic nitrogens is 3. The summed E-state index contributed by atoms with van der Waals surface area (Å²) in [4.78, 5) is 22.4. The van der Waals surface area contributed by atoms with Crippen molar-refractivity contribution < 1.29 is 9.59 Å². The van der Waals surface area contributed by atoms with Crippen LogP contribution >= 0.6 is 0 Å². The van der Waals surface area contributed by atoms with E-state index in [4.69, 9.17) is 0 Å². The monoisotopic (exact) mass is 225 g/mol. The highest BCUT2D eigenvalue weighted by atomic mass is 16.2. The summed E-state index contributed by atoms with van der Waals surface area (Å²) in [6.45, 7) is 3.65. The zero-order chi connectivity index (χ0) is 12.1. The minimum Gasteiger partial charge on any atom is -0.358 e. The van der Waals surface area contributed by atoms with Crippen LogP contribution in [0.5, 0.6) is 0 Å². The van der Waals surface area contributed by atoms with E-state index >= 15 is 0 Å². The first-order chi connectivity index (χ1) is 7.52. The smallest absolute Gasteiger partial charge is 0.241 e. The number of anilines is 1. The lowest BCUT2D eigenvalue weighted by molar-refractivity contribution is -0.121. The molecule has 0 aromatic carbocycles. The predicted molar refractivity (Wildman–Crippen MR) is 57.6 cm³/mol. The Kier molecular flexibility index (Phi) is 3.98. The summed E-state index contributed by atoms with van der Waals surface area (Å²) in [5, 5.41) is 12.5. The molecule has 0 aliphatic heterocycles. The molecule has 1 rings (SSSR count). The first-order valence-electron chi connectivity index (χ1n) is 4.94. The van der Waals surface area contributed by atoms with Gasteiger partial charge in [-0.05, 0) is 0 Å². The van der Waals surface area contributed by atoms with Crippen LogP contribution in [0.1, 0.15) is 13.8 Å². The molecule has 0 aliphatic carbocycles. The second-order valence-electron chi connectivity index (χ2n) is 3.62. The maximum atomic E-state index is 11.3. The van der Waals surface area contributed by atoms with Crippen LogP contribution in [0.2, 0.25) is 0 Å². The van der Waals surface area contributed by atoms with E-state index in [1.54, 1.807) is 20.9 Å². The van der Waals surface area contributed by atoms with E-state index in [-0.39, 0.29) is 24.3 Å². The van der Waals surface area contributed by atoms with Crippen LogP contribution in [0.4, 0.5) is 5.82 Å². The van der Waals surface area contributed by atoms with Gasteiger partial charge >= 0.3 is 0 Å². The molecule has 7 nitrogen and oxygen atoms in total. The Morgan fingerprint density at radius 1 is 1.50 bits per heavy atom. The fraction of sp³-hybridized carbons (Fsp3) is 0.556. The Hall–Kier alpha value is -1.92. The Morgan fingerprint density at radius 3 is 2.75 bits per heavy atom. The number of amides is 2. The first kappa shape index (κ1) is 12.2. The zero-order valence-corrected chi connectivity index (χ0v) is 9.52. The summed E-state index contributed by atoms with van der Waals surface area (Å²) < 4.78 is 1.36. The lowest BCUT2D eigenvalue weighted by Gasteiger charge is -2.02. The van der Waals surface area contributed by atoms with Gasteiger partial charge in [-0.25, -0.2) is 4.68 Å². The molecule has 2 N–H and O–H groups in total. The average molecular weight is 225 g/mol. The molecule has 1 aromatic heterocycles. The van der Waals surface area contributed by atoms with E-state index in [2.05, 4.69) is 20.9 Å². The second-order valence-corrected chi connectivity index (χ2v) is 3.62. The van der Waals surface area contributed by atoms with Crippen molar-refractivity contribution in [3.63, 3.8) is 0 Å². The number of carbonyl (C=O) groups is 2. The molecule has 1 heterocycles. The highest BCUT2D eigenvalue weighted by Crippen LogP contribution is 2.03. The molecule has 0 spiro atoms. The molecule has 2 amide bonds. The lowest BCUT2D eigenvalue weighted by Crippen LogP contribution is -2.23. The van der Waals surface area contributed by atoms with E-state index in [1.165, 1.54) is 10.9 Å². The van der Waals surface area contributed by atoms with Gasteiger partial charge in [0, 0.05) is 13.0 Å². The maximum Gasteiger partial charge on any atom is 0.241 e. The molecular formula is C9H15N5O2. The third-order valence-electron chi connectivity index (χ3n) is 1.90. The Bertz CT molecular complexity index is 385. The van der Waals surface area contributed by atoms with Gasteiger partial charge in [-0.15, -0.1) is 5.10 Å². The van der Waals surface area contributed by atoms with Crippen LogP contribution in [0, 0.1) is 5.92 Å². The number of carbonyl (C=O) groups excluding carboxylic acids is 2. The summed E-state index contributed by atoms with van der Waals surface area (Å²) in [6, 6.07) is 0. The largest absolute Gasteiger partial charge is 0.358 e. The third kappa shape index (κ3) is 3.34. The summed E-state index contributed by atoms with van der Waals surface area (Å²) >= 11 is 0. The van der Waals surface area contributed by atoms with Gasteiger partial charge < -0.3 is 10.6 Å². The van der Waals surface area contributed by atoms with Gasteiger partial charge in [-0.3, -0.25) is 9.59 Å². The normalized spacial score (nSPS) is 10.2. The quantitative estimate of drug-likeness (QED) is 0.731. The molecule has 0 radical (unpaired) electrons. The molecule has 0 atom stereocenters. The Morgan fingerprint density at radius 2 is 2.19 bits per heavy atom. The van der Waals surface area contributed by atoms with Crippen LogP contribution in [0.15, 0.2) is 6.20 Å². The van der Waals surface area contributed by atoms with Crippen LogP contribution < -0.4 is 10.6 Å². The van der Waals surface area contributed by atoms with Gasteiger partial charge in [0.2, 0.25) is 11.8 Å². The molecule has 16 heavy (non-hydrogen) atoms. The molecule has 7 heteroatoms. The molecule has 0 unspecified atom stereocenters. The van der Waals surface area contributed by atoms with Gasteiger partial charge in [-0.1, -0.05) is 19.1 Å². The summed E-state index contributed by atoms with van der Waals surface area (Å²) in [7, 11) is 1.54.